The topological polar surface area (TPSA) is 53.9 Å². The molecular formula is C26H30FN5. The number of aromatic nitrogens is 3. The average molecular weight is 432 g/mol. The van der Waals surface area contributed by atoms with Crippen molar-refractivity contribution < 1.29 is 4.39 Å². The van der Waals surface area contributed by atoms with Crippen LogP contribution in [0.15, 0.2) is 67.3 Å². The molecule has 0 atom stereocenters. The highest BCUT2D eigenvalue weighted by molar-refractivity contribution is 5.95. The first-order valence-electron chi connectivity index (χ1n) is 10.7. The van der Waals surface area contributed by atoms with Crippen LogP contribution >= 0.6 is 0 Å². The average Bonchev–Trinajstić information content (AvgIpc) is 2.79. The van der Waals surface area contributed by atoms with Crippen molar-refractivity contribution >= 4 is 22.3 Å². The van der Waals surface area contributed by atoms with Gasteiger partial charge >= 0.3 is 0 Å². The second-order valence-electron chi connectivity index (χ2n) is 7.86. The predicted molar refractivity (Wildman–Crippen MR) is 132 cm³/mol. The molecule has 1 aromatic carbocycles. The van der Waals surface area contributed by atoms with E-state index >= 15 is 0 Å². The molecule has 0 bridgehead atoms. The van der Waals surface area contributed by atoms with Gasteiger partial charge in [0.05, 0.1) is 5.52 Å². The lowest BCUT2D eigenvalue weighted by molar-refractivity contribution is 0.425. The molecule has 2 aromatic heterocycles. The van der Waals surface area contributed by atoms with Crippen LogP contribution in [0.25, 0.3) is 27.9 Å². The molecule has 3 rings (SSSR count). The van der Waals surface area contributed by atoms with Crippen LogP contribution in [-0.4, -0.2) is 47.0 Å². The first-order chi connectivity index (χ1) is 15.4. The molecule has 3 aromatic rings. The van der Waals surface area contributed by atoms with Crippen molar-refractivity contribution in [1.29, 1.82) is 0 Å². The normalized spacial score (nSPS) is 12.4. The number of hydrogen-bond donors (Lipinski definition) is 1. The zero-order chi connectivity index (χ0) is 23.1. The van der Waals surface area contributed by atoms with E-state index < -0.39 is 0 Å². The van der Waals surface area contributed by atoms with Crippen LogP contribution in [0.4, 0.5) is 10.2 Å². The summed E-state index contributed by atoms with van der Waals surface area (Å²) in [6, 6.07) is 8.02. The van der Waals surface area contributed by atoms with Crippen LogP contribution in [0.5, 0.6) is 0 Å². The Morgan fingerprint density at radius 3 is 2.69 bits per heavy atom. The van der Waals surface area contributed by atoms with Crippen molar-refractivity contribution in [3.05, 3.63) is 78.4 Å². The molecule has 1 N–H and O–H groups in total. The van der Waals surface area contributed by atoms with Crippen molar-refractivity contribution in [3.63, 3.8) is 0 Å². The number of fused-ring (bicyclic) bond motifs is 1. The highest BCUT2D eigenvalue weighted by Gasteiger charge is 2.14. The first-order valence-corrected chi connectivity index (χ1v) is 10.7. The Labute approximate surface area is 189 Å². The summed E-state index contributed by atoms with van der Waals surface area (Å²) in [6.45, 7) is 9.20. The van der Waals surface area contributed by atoms with Crippen molar-refractivity contribution in [3.8, 4) is 11.4 Å². The smallest absolute Gasteiger partial charge is 0.163 e. The Bertz CT molecular complexity index is 1150. The largest absolute Gasteiger partial charge is 0.368 e. The number of nitrogens with one attached hydrogen (secondary N) is 1. The minimum absolute atomic E-state index is 0.357. The lowest BCUT2D eigenvalue weighted by Gasteiger charge is -2.16. The van der Waals surface area contributed by atoms with Crippen LogP contribution in [0.3, 0.4) is 0 Å². The number of halogens is 1. The van der Waals surface area contributed by atoms with Crippen molar-refractivity contribution in [1.82, 2.24) is 19.9 Å². The van der Waals surface area contributed by atoms with E-state index in [0.29, 0.717) is 5.82 Å². The maximum absolute atomic E-state index is 13.6. The fourth-order valence-electron chi connectivity index (χ4n) is 3.41. The quantitative estimate of drug-likeness (QED) is 0.434. The molecule has 166 valence electrons. The van der Waals surface area contributed by atoms with Crippen LogP contribution in [0.2, 0.25) is 0 Å². The number of nitrogens with zero attached hydrogens (tertiary/aromatic N) is 4. The summed E-state index contributed by atoms with van der Waals surface area (Å²) >= 11 is 0. The van der Waals surface area contributed by atoms with Crippen LogP contribution in [0.1, 0.15) is 24.5 Å². The summed E-state index contributed by atoms with van der Waals surface area (Å²) in [7, 11) is 4.08. The van der Waals surface area contributed by atoms with Gasteiger partial charge in [0.1, 0.15) is 11.6 Å². The van der Waals surface area contributed by atoms with Crippen LogP contribution < -0.4 is 5.32 Å². The third-order valence-corrected chi connectivity index (χ3v) is 5.15. The highest BCUT2D eigenvalue weighted by Crippen LogP contribution is 2.31. The molecule has 0 aliphatic rings. The SMILES string of the molecule is C=C/C(F)=C\C=C(/CC)c1cc(C)c2nc(-c3cccnc3)nc(NCCN(C)C)c2c1. The Morgan fingerprint density at radius 1 is 1.22 bits per heavy atom. The summed E-state index contributed by atoms with van der Waals surface area (Å²) in [5, 5.41) is 4.43. The number of anilines is 1. The maximum Gasteiger partial charge on any atom is 0.163 e. The Morgan fingerprint density at radius 2 is 2.03 bits per heavy atom. The third-order valence-electron chi connectivity index (χ3n) is 5.15. The van der Waals surface area contributed by atoms with Gasteiger partial charge in [0.2, 0.25) is 0 Å². The number of benzene rings is 1. The summed E-state index contributed by atoms with van der Waals surface area (Å²) in [5.41, 5.74) is 4.85. The van der Waals surface area contributed by atoms with E-state index in [1.165, 1.54) is 12.2 Å². The standard InChI is InChI=1S/C26H30FN5/c1-6-19(10-11-22(27)7-2)21-15-18(3)24-23(16-21)26(29-13-14-32(4)5)31-25(30-24)20-9-8-12-28-17-20/h7-12,15-17H,2,6,13-14H2,1,3-5H3,(H,29,30,31)/b19-10+,22-11+. The van der Waals surface area contributed by atoms with Gasteiger partial charge in [-0.3, -0.25) is 4.98 Å². The first kappa shape index (κ1) is 23.3. The van der Waals surface area contributed by atoms with Gasteiger partial charge in [-0.15, -0.1) is 0 Å². The van der Waals surface area contributed by atoms with Crippen molar-refractivity contribution in [2.45, 2.75) is 20.3 Å². The zero-order valence-electron chi connectivity index (χ0n) is 19.2. The zero-order valence-corrected chi connectivity index (χ0v) is 19.2. The van der Waals surface area contributed by atoms with Crippen LogP contribution in [0, 0.1) is 6.92 Å². The van der Waals surface area contributed by atoms with Gasteiger partial charge in [-0.2, -0.15) is 0 Å². The Hall–Kier alpha value is -3.38. The summed E-state index contributed by atoms with van der Waals surface area (Å²) in [5.74, 6) is 1.06. The molecule has 5 nitrogen and oxygen atoms in total. The Balaban J connectivity index is 2.16. The molecule has 0 saturated heterocycles. The number of pyridine rings is 1. The lowest BCUT2D eigenvalue weighted by Crippen LogP contribution is -2.21. The molecule has 2 heterocycles. The summed E-state index contributed by atoms with van der Waals surface area (Å²) < 4.78 is 13.6. The monoisotopic (exact) mass is 431 g/mol. The molecule has 0 aliphatic heterocycles. The van der Waals surface area contributed by atoms with Crippen molar-refractivity contribution in [2.75, 3.05) is 32.5 Å². The lowest BCUT2D eigenvalue weighted by atomic mass is 9.98. The van der Waals surface area contributed by atoms with E-state index in [0.717, 1.165) is 58.5 Å². The molecule has 0 spiro atoms. The molecule has 6 heteroatoms. The minimum atomic E-state index is -0.357. The fourth-order valence-corrected chi connectivity index (χ4v) is 3.41. The second kappa shape index (κ2) is 10.8. The van der Waals surface area contributed by atoms with E-state index in [-0.39, 0.29) is 5.83 Å². The third kappa shape index (κ3) is 5.65. The van der Waals surface area contributed by atoms with Crippen LogP contribution in [-0.2, 0) is 0 Å². The van der Waals surface area contributed by atoms with E-state index in [1.54, 1.807) is 12.4 Å². The minimum Gasteiger partial charge on any atom is -0.368 e. The molecule has 0 saturated carbocycles. The molecule has 0 amide bonds. The number of rotatable bonds is 9. The summed E-state index contributed by atoms with van der Waals surface area (Å²) in [6.07, 6.45) is 8.73. The second-order valence-corrected chi connectivity index (χ2v) is 7.86. The van der Waals surface area contributed by atoms with Gasteiger partial charge in [-0.25, -0.2) is 14.4 Å². The molecule has 0 fully saturated rings. The maximum atomic E-state index is 13.6. The van der Waals surface area contributed by atoms with E-state index in [9.17, 15) is 4.39 Å². The fraction of sp³-hybridized carbons (Fsp3) is 0.269. The number of allylic oxidation sites excluding steroid dienone is 5. The van der Waals surface area contributed by atoms with Gasteiger partial charge < -0.3 is 10.2 Å². The molecular weight excluding hydrogens is 401 g/mol. The number of aryl methyl sites for hydroxylation is 1. The van der Waals surface area contributed by atoms with E-state index in [2.05, 4.69) is 40.8 Å². The summed E-state index contributed by atoms with van der Waals surface area (Å²) in [4.78, 5) is 16.0. The number of hydrogen-bond acceptors (Lipinski definition) is 5. The molecule has 0 unspecified atom stereocenters. The predicted octanol–water partition coefficient (Wildman–Crippen LogP) is 5.81. The van der Waals surface area contributed by atoms with Gasteiger partial charge in [-0.05, 0) is 80.6 Å². The van der Waals surface area contributed by atoms with Gasteiger partial charge in [0.15, 0.2) is 5.82 Å². The highest BCUT2D eigenvalue weighted by atomic mass is 19.1. The van der Waals surface area contributed by atoms with Gasteiger partial charge in [0.25, 0.3) is 0 Å². The number of likely N-dealkylation sites (N-methyl/N-ethyl adjacent to an activating group) is 1. The Kier molecular flexibility index (Phi) is 7.84. The molecule has 0 radical (unpaired) electrons. The molecule has 0 aliphatic carbocycles. The van der Waals surface area contributed by atoms with E-state index in [4.69, 9.17) is 9.97 Å². The molecule has 32 heavy (non-hydrogen) atoms. The van der Waals surface area contributed by atoms with E-state index in [1.807, 2.05) is 39.2 Å². The van der Waals surface area contributed by atoms with Gasteiger partial charge in [-0.1, -0.05) is 19.6 Å². The van der Waals surface area contributed by atoms with Crippen molar-refractivity contribution in [2.24, 2.45) is 0 Å². The van der Waals surface area contributed by atoms with Gasteiger partial charge in [0, 0.05) is 36.4 Å².